The molecule has 2 unspecified atom stereocenters. The summed E-state index contributed by atoms with van der Waals surface area (Å²) >= 11 is 0. The molecule has 0 radical (unpaired) electrons. The number of esters is 1. The molecule has 0 bridgehead atoms. The number of rotatable bonds is 6. The van der Waals surface area contributed by atoms with Crippen molar-refractivity contribution in [2.75, 3.05) is 33.8 Å². The molecule has 0 aromatic heterocycles. The Hall–Kier alpha value is -0.410. The fourth-order valence-electron chi connectivity index (χ4n) is 2.28. The van der Waals surface area contributed by atoms with Crippen LogP contribution in [0.25, 0.3) is 0 Å². The van der Waals surface area contributed by atoms with Crippen molar-refractivity contribution in [3.05, 3.63) is 0 Å². The first kappa shape index (κ1) is 20.6. The van der Waals surface area contributed by atoms with Gasteiger partial charge in [0.25, 0.3) is 10.2 Å². The van der Waals surface area contributed by atoms with E-state index in [2.05, 4.69) is 4.74 Å². The average Bonchev–Trinajstić information content (AvgIpc) is 2.44. The molecule has 7 nitrogen and oxygen atoms in total. The van der Waals surface area contributed by atoms with Crippen LogP contribution in [0.5, 0.6) is 0 Å². The van der Waals surface area contributed by atoms with Crippen molar-refractivity contribution < 1.29 is 17.9 Å². The quantitative estimate of drug-likeness (QED) is 0.696. The summed E-state index contributed by atoms with van der Waals surface area (Å²) in [6.07, 6.45) is 1.82. The van der Waals surface area contributed by atoms with E-state index in [4.69, 9.17) is 5.73 Å². The third kappa shape index (κ3) is 5.71. The van der Waals surface area contributed by atoms with E-state index in [1.54, 1.807) is 0 Å². The monoisotopic (exact) mass is 343 g/mol. The van der Waals surface area contributed by atoms with E-state index >= 15 is 0 Å². The first-order valence-electron chi connectivity index (χ1n) is 6.82. The van der Waals surface area contributed by atoms with Gasteiger partial charge in [0, 0.05) is 32.7 Å². The van der Waals surface area contributed by atoms with Crippen LogP contribution in [-0.4, -0.2) is 62.8 Å². The van der Waals surface area contributed by atoms with Gasteiger partial charge in [0.05, 0.1) is 13.5 Å². The molecule has 1 heterocycles. The molecule has 0 spiro atoms. The zero-order chi connectivity index (χ0) is 15.3. The molecule has 1 saturated heterocycles. The molecule has 0 aliphatic carbocycles. The maximum Gasteiger partial charge on any atom is 0.306 e. The van der Waals surface area contributed by atoms with E-state index < -0.39 is 16.2 Å². The Labute approximate surface area is 133 Å². The second kappa shape index (κ2) is 8.89. The highest BCUT2D eigenvalue weighted by Gasteiger charge is 2.33. The van der Waals surface area contributed by atoms with E-state index in [0.717, 1.165) is 12.8 Å². The SMILES string of the molecule is COC(=O)CCN(C)S(=O)(=O)N1CCCC(C(C)N)C1.Cl. The van der Waals surface area contributed by atoms with Gasteiger partial charge in [-0.3, -0.25) is 4.79 Å². The van der Waals surface area contributed by atoms with Crippen molar-refractivity contribution in [1.29, 1.82) is 0 Å². The Morgan fingerprint density at radius 2 is 2.14 bits per heavy atom. The lowest BCUT2D eigenvalue weighted by molar-refractivity contribution is -0.140. The molecule has 0 aromatic carbocycles. The number of piperidine rings is 1. The van der Waals surface area contributed by atoms with E-state index in [-0.39, 0.29) is 37.3 Å². The summed E-state index contributed by atoms with van der Waals surface area (Å²) in [5.41, 5.74) is 5.87. The van der Waals surface area contributed by atoms with Crippen LogP contribution in [0.2, 0.25) is 0 Å². The molecule has 9 heteroatoms. The fraction of sp³-hybridized carbons (Fsp3) is 0.917. The molecule has 1 rings (SSSR count). The predicted octanol–water partition coefficient (Wildman–Crippen LogP) is 0.207. The van der Waals surface area contributed by atoms with Gasteiger partial charge in [0.15, 0.2) is 0 Å². The van der Waals surface area contributed by atoms with Crippen LogP contribution in [0.4, 0.5) is 0 Å². The second-order valence-electron chi connectivity index (χ2n) is 5.27. The summed E-state index contributed by atoms with van der Waals surface area (Å²) in [5.74, 6) is -0.230. The van der Waals surface area contributed by atoms with Gasteiger partial charge < -0.3 is 10.5 Å². The lowest BCUT2D eigenvalue weighted by atomic mass is 9.93. The number of nitrogens with zero attached hydrogens (tertiary/aromatic N) is 2. The van der Waals surface area contributed by atoms with Gasteiger partial charge in [-0.1, -0.05) is 0 Å². The molecule has 21 heavy (non-hydrogen) atoms. The summed E-state index contributed by atoms with van der Waals surface area (Å²) in [6.45, 7) is 2.98. The van der Waals surface area contributed by atoms with E-state index in [0.29, 0.717) is 13.1 Å². The van der Waals surface area contributed by atoms with Crippen LogP contribution < -0.4 is 5.73 Å². The minimum atomic E-state index is -3.53. The molecule has 1 aliphatic heterocycles. The average molecular weight is 344 g/mol. The summed E-state index contributed by atoms with van der Waals surface area (Å²) in [6, 6.07) is -0.0200. The summed E-state index contributed by atoms with van der Waals surface area (Å²) < 4.78 is 32.0. The molecule has 0 amide bonds. The lowest BCUT2D eigenvalue weighted by Gasteiger charge is -2.35. The largest absolute Gasteiger partial charge is 0.469 e. The van der Waals surface area contributed by atoms with Gasteiger partial charge in [-0.05, 0) is 25.7 Å². The Bertz CT molecular complexity index is 430. The van der Waals surface area contributed by atoms with Crippen LogP contribution in [0, 0.1) is 5.92 Å². The minimum absolute atomic E-state index is 0. The first-order valence-corrected chi connectivity index (χ1v) is 8.22. The van der Waals surface area contributed by atoms with E-state index in [1.165, 1.54) is 22.8 Å². The number of hydrogen-bond donors (Lipinski definition) is 1. The van der Waals surface area contributed by atoms with E-state index in [1.807, 2.05) is 6.92 Å². The van der Waals surface area contributed by atoms with Crippen LogP contribution in [0.15, 0.2) is 0 Å². The van der Waals surface area contributed by atoms with Gasteiger partial charge in [-0.2, -0.15) is 17.0 Å². The number of carbonyl (C=O) groups is 1. The molecular weight excluding hydrogens is 318 g/mol. The molecule has 0 aromatic rings. The summed E-state index contributed by atoms with van der Waals surface area (Å²) in [7, 11) is -0.763. The number of ether oxygens (including phenoxy) is 1. The Morgan fingerprint density at radius 3 is 2.67 bits per heavy atom. The third-order valence-electron chi connectivity index (χ3n) is 3.74. The fourth-order valence-corrected chi connectivity index (χ4v) is 3.73. The molecule has 2 atom stereocenters. The van der Waals surface area contributed by atoms with E-state index in [9.17, 15) is 13.2 Å². The molecular formula is C12H26ClN3O4S. The van der Waals surface area contributed by atoms with Crippen molar-refractivity contribution in [1.82, 2.24) is 8.61 Å². The molecule has 126 valence electrons. The van der Waals surface area contributed by atoms with Crippen LogP contribution in [0.1, 0.15) is 26.2 Å². The topological polar surface area (TPSA) is 92.9 Å². The highest BCUT2D eigenvalue weighted by atomic mass is 35.5. The zero-order valence-corrected chi connectivity index (χ0v) is 14.5. The predicted molar refractivity (Wildman–Crippen MR) is 83.4 cm³/mol. The minimum Gasteiger partial charge on any atom is -0.469 e. The van der Waals surface area contributed by atoms with Gasteiger partial charge in [-0.25, -0.2) is 0 Å². The smallest absolute Gasteiger partial charge is 0.306 e. The summed E-state index contributed by atoms with van der Waals surface area (Å²) in [4.78, 5) is 11.1. The van der Waals surface area contributed by atoms with Crippen molar-refractivity contribution >= 4 is 28.6 Å². The summed E-state index contributed by atoms with van der Waals surface area (Å²) in [5, 5.41) is 0. The van der Waals surface area contributed by atoms with Gasteiger partial charge >= 0.3 is 5.97 Å². The lowest BCUT2D eigenvalue weighted by Crippen LogP contribution is -2.49. The van der Waals surface area contributed by atoms with Gasteiger partial charge in [0.2, 0.25) is 0 Å². The number of nitrogens with two attached hydrogens (primary N) is 1. The second-order valence-corrected chi connectivity index (χ2v) is 7.31. The standard InChI is InChI=1S/C12H25N3O4S.ClH/c1-10(13)11-5-4-7-15(9-11)20(17,18)14(2)8-6-12(16)19-3;/h10-11H,4-9,13H2,1-3H3;1H. The van der Waals surface area contributed by atoms with Crippen molar-refractivity contribution in [2.24, 2.45) is 11.7 Å². The highest BCUT2D eigenvalue weighted by Crippen LogP contribution is 2.22. The normalized spacial score (nSPS) is 21.7. The molecule has 1 fully saturated rings. The van der Waals surface area contributed by atoms with Crippen LogP contribution in [-0.2, 0) is 19.7 Å². The number of methoxy groups -OCH3 is 1. The molecule has 0 saturated carbocycles. The van der Waals surface area contributed by atoms with Crippen LogP contribution >= 0.6 is 12.4 Å². The van der Waals surface area contributed by atoms with Crippen LogP contribution in [0.3, 0.4) is 0 Å². The highest BCUT2D eigenvalue weighted by molar-refractivity contribution is 7.86. The van der Waals surface area contributed by atoms with Crippen molar-refractivity contribution in [2.45, 2.75) is 32.2 Å². The van der Waals surface area contributed by atoms with Gasteiger partial charge in [0.1, 0.15) is 0 Å². The first-order chi connectivity index (χ1) is 9.28. The van der Waals surface area contributed by atoms with Gasteiger partial charge in [-0.15, -0.1) is 12.4 Å². The Kier molecular flexibility index (Phi) is 8.72. The Morgan fingerprint density at radius 1 is 1.52 bits per heavy atom. The van der Waals surface area contributed by atoms with Crippen molar-refractivity contribution in [3.8, 4) is 0 Å². The third-order valence-corrected chi connectivity index (χ3v) is 5.70. The maximum absolute atomic E-state index is 12.4. The van der Waals surface area contributed by atoms with Crippen molar-refractivity contribution in [3.63, 3.8) is 0 Å². The number of halogens is 1. The number of carbonyl (C=O) groups excluding carboxylic acids is 1. The molecule has 1 aliphatic rings. The molecule has 2 N–H and O–H groups in total. The Balaban J connectivity index is 0.00000400. The number of hydrogen-bond acceptors (Lipinski definition) is 5. The maximum atomic E-state index is 12.4. The zero-order valence-electron chi connectivity index (χ0n) is 12.8.